The van der Waals surface area contributed by atoms with Crippen LogP contribution in [0.2, 0.25) is 5.02 Å². The minimum atomic E-state index is -1.03. The van der Waals surface area contributed by atoms with Gasteiger partial charge in [0, 0.05) is 25.2 Å². The van der Waals surface area contributed by atoms with Gasteiger partial charge in [0.15, 0.2) is 0 Å². The van der Waals surface area contributed by atoms with Crippen molar-refractivity contribution in [2.75, 3.05) is 33.4 Å². The Morgan fingerprint density at radius 1 is 1.17 bits per heavy atom. The van der Waals surface area contributed by atoms with Crippen LogP contribution in [0.4, 0.5) is 0 Å². The number of rotatable bonds is 8. The predicted octanol–water partition coefficient (Wildman–Crippen LogP) is 3.98. The van der Waals surface area contributed by atoms with Crippen molar-refractivity contribution in [3.05, 3.63) is 82.7 Å². The molecule has 8 nitrogen and oxygen atoms in total. The lowest BCUT2D eigenvalue weighted by Gasteiger charge is -2.42. The highest BCUT2D eigenvalue weighted by molar-refractivity contribution is 6.30. The number of benzene rings is 2. The van der Waals surface area contributed by atoms with Crippen LogP contribution in [0.15, 0.2) is 65.3 Å². The third-order valence-corrected chi connectivity index (χ3v) is 6.25. The summed E-state index contributed by atoms with van der Waals surface area (Å²) in [5.41, 5.74) is 0.395. The molecule has 1 aliphatic heterocycles. The van der Waals surface area contributed by atoms with Gasteiger partial charge in [-0.3, -0.25) is 9.59 Å². The van der Waals surface area contributed by atoms with Gasteiger partial charge in [0.25, 0.3) is 5.91 Å². The largest absolute Gasteiger partial charge is 0.490 e. The highest BCUT2D eigenvalue weighted by Crippen LogP contribution is 2.27. The fourth-order valence-electron chi connectivity index (χ4n) is 4.04. The number of carbonyl (C=O) groups excluding carboxylic acids is 2. The van der Waals surface area contributed by atoms with E-state index in [1.807, 2.05) is 30.3 Å². The highest BCUT2D eigenvalue weighted by atomic mass is 35.5. The van der Waals surface area contributed by atoms with E-state index in [0.29, 0.717) is 35.2 Å². The summed E-state index contributed by atoms with van der Waals surface area (Å²) < 4.78 is 17.3. The number of amides is 2. The summed E-state index contributed by atoms with van der Waals surface area (Å²) in [7, 11) is 1.76. The lowest BCUT2D eigenvalue weighted by molar-refractivity contribution is -0.152. The number of aromatic nitrogens is 1. The molecule has 3 aromatic rings. The van der Waals surface area contributed by atoms with E-state index in [0.717, 1.165) is 5.56 Å². The van der Waals surface area contributed by atoms with Gasteiger partial charge < -0.3 is 23.8 Å². The molecule has 1 fully saturated rings. The fourth-order valence-corrected chi connectivity index (χ4v) is 4.17. The number of nitrogens with zero attached hydrogens (tertiary/aromatic N) is 3. The van der Waals surface area contributed by atoms with Crippen molar-refractivity contribution in [2.45, 2.75) is 25.5 Å². The molecule has 2 aromatic carbocycles. The summed E-state index contributed by atoms with van der Waals surface area (Å²) in [6.07, 6.45) is 1.47. The van der Waals surface area contributed by atoms with Gasteiger partial charge in [-0.1, -0.05) is 47.1 Å². The lowest BCUT2D eigenvalue weighted by atomic mass is 9.96. The Balaban J connectivity index is 1.52. The van der Waals surface area contributed by atoms with Crippen molar-refractivity contribution in [2.24, 2.45) is 0 Å². The van der Waals surface area contributed by atoms with Gasteiger partial charge in [-0.2, -0.15) is 0 Å². The third-order valence-electron chi connectivity index (χ3n) is 5.99. The fraction of sp³-hybridized carbons (Fsp3) is 0.346. The minimum absolute atomic E-state index is 0.0519. The molecular formula is C26H28ClN3O5. The monoisotopic (exact) mass is 497 g/mol. The topological polar surface area (TPSA) is 85.1 Å². The smallest absolute Gasteiger partial charge is 0.259 e. The summed E-state index contributed by atoms with van der Waals surface area (Å²) >= 11 is 5.99. The molecular weight excluding hydrogens is 470 g/mol. The Hall–Kier alpha value is -3.36. The molecule has 0 saturated carbocycles. The second-order valence-corrected chi connectivity index (χ2v) is 9.15. The van der Waals surface area contributed by atoms with Crippen molar-refractivity contribution in [3.63, 3.8) is 0 Å². The highest BCUT2D eigenvalue weighted by Gasteiger charge is 2.42. The maximum Gasteiger partial charge on any atom is 0.259 e. The van der Waals surface area contributed by atoms with Crippen molar-refractivity contribution in [3.8, 4) is 5.75 Å². The van der Waals surface area contributed by atoms with Crippen molar-refractivity contribution in [1.29, 1.82) is 0 Å². The van der Waals surface area contributed by atoms with Crippen LogP contribution in [-0.4, -0.2) is 65.7 Å². The van der Waals surface area contributed by atoms with Crippen LogP contribution in [0.5, 0.6) is 5.75 Å². The van der Waals surface area contributed by atoms with Gasteiger partial charge >= 0.3 is 0 Å². The van der Waals surface area contributed by atoms with Crippen molar-refractivity contribution < 1.29 is 23.6 Å². The zero-order valence-corrected chi connectivity index (χ0v) is 20.5. The molecule has 1 aromatic heterocycles. The molecule has 0 radical (unpaired) electrons. The molecule has 0 bridgehead atoms. The molecule has 4 rings (SSSR count). The van der Waals surface area contributed by atoms with E-state index in [9.17, 15) is 9.59 Å². The number of hydrogen-bond donors (Lipinski definition) is 0. The normalized spacial score (nSPS) is 17.7. The first-order chi connectivity index (χ1) is 16.8. The zero-order chi connectivity index (χ0) is 24.8. The molecule has 9 heteroatoms. The Labute approximate surface area is 209 Å². The van der Waals surface area contributed by atoms with E-state index in [4.69, 9.17) is 25.6 Å². The molecule has 35 heavy (non-hydrogen) atoms. The summed E-state index contributed by atoms with van der Waals surface area (Å²) in [6, 6.07) is 16.7. The summed E-state index contributed by atoms with van der Waals surface area (Å²) in [5.74, 6) is 0.723. The predicted molar refractivity (Wildman–Crippen MR) is 130 cm³/mol. The van der Waals surface area contributed by atoms with Gasteiger partial charge in [-0.25, -0.2) is 0 Å². The third kappa shape index (κ3) is 6.21. The first-order valence-electron chi connectivity index (χ1n) is 11.4. The van der Waals surface area contributed by atoms with Crippen molar-refractivity contribution in [1.82, 2.24) is 15.0 Å². The molecule has 1 saturated heterocycles. The number of carbonyl (C=O) groups is 2. The first-order valence-corrected chi connectivity index (χ1v) is 11.7. The van der Waals surface area contributed by atoms with Gasteiger partial charge in [-0.05, 0) is 36.8 Å². The van der Waals surface area contributed by atoms with Crippen LogP contribution < -0.4 is 4.74 Å². The number of aryl methyl sites for hydroxylation is 1. The number of hydrogen-bond acceptors (Lipinski definition) is 6. The Morgan fingerprint density at radius 3 is 2.60 bits per heavy atom. The van der Waals surface area contributed by atoms with E-state index in [1.165, 1.54) is 6.20 Å². The van der Waals surface area contributed by atoms with Gasteiger partial charge in [0.2, 0.25) is 5.91 Å². The molecule has 0 N–H and O–H groups in total. The minimum Gasteiger partial charge on any atom is -0.490 e. The van der Waals surface area contributed by atoms with E-state index in [-0.39, 0.29) is 38.0 Å². The van der Waals surface area contributed by atoms with Crippen LogP contribution >= 0.6 is 11.6 Å². The van der Waals surface area contributed by atoms with Crippen LogP contribution in [0.3, 0.4) is 0 Å². The van der Waals surface area contributed by atoms with Crippen LogP contribution in [0.25, 0.3) is 0 Å². The second-order valence-electron chi connectivity index (χ2n) is 8.71. The van der Waals surface area contributed by atoms with Crippen LogP contribution in [0, 0.1) is 6.92 Å². The van der Waals surface area contributed by atoms with E-state index < -0.39 is 5.60 Å². The summed E-state index contributed by atoms with van der Waals surface area (Å²) in [5, 5.41) is 4.32. The Kier molecular flexibility index (Phi) is 7.73. The van der Waals surface area contributed by atoms with E-state index in [2.05, 4.69) is 5.16 Å². The summed E-state index contributed by atoms with van der Waals surface area (Å²) in [6.45, 7) is 3.10. The maximum absolute atomic E-state index is 13.3. The molecule has 1 aliphatic rings. The molecule has 1 unspecified atom stereocenters. The number of halogens is 1. The molecule has 2 heterocycles. The van der Waals surface area contributed by atoms with E-state index >= 15 is 0 Å². The SMILES string of the molecule is Cc1oncc1C(=O)N1CCOC(COc2ccc(Cl)cc2)(CC(=O)N(C)Cc2ccccc2)C1. The Morgan fingerprint density at radius 2 is 1.91 bits per heavy atom. The average molecular weight is 498 g/mol. The zero-order valence-electron chi connectivity index (χ0n) is 19.8. The van der Waals surface area contributed by atoms with Crippen LogP contribution in [0.1, 0.15) is 28.1 Å². The first kappa shape index (κ1) is 24.8. The quantitative estimate of drug-likeness (QED) is 0.468. The lowest BCUT2D eigenvalue weighted by Crippen LogP contribution is -2.58. The molecule has 0 aliphatic carbocycles. The molecule has 0 spiro atoms. The number of ether oxygens (including phenoxy) is 2. The number of morpholine rings is 1. The van der Waals surface area contributed by atoms with Crippen molar-refractivity contribution >= 4 is 23.4 Å². The molecule has 1 atom stereocenters. The standard InChI is InChI=1S/C26H28ClN3O5/c1-19-23(15-28-35-19)25(32)30-12-13-34-26(17-30,18-33-22-10-8-21(27)9-11-22)14-24(31)29(2)16-20-6-4-3-5-7-20/h3-11,15H,12-14,16-18H2,1-2H3. The van der Waals surface area contributed by atoms with Crippen LogP contribution in [-0.2, 0) is 16.1 Å². The summed E-state index contributed by atoms with van der Waals surface area (Å²) in [4.78, 5) is 29.8. The van der Waals surface area contributed by atoms with Gasteiger partial charge in [0.05, 0.1) is 25.8 Å². The average Bonchev–Trinajstić information content (AvgIpc) is 3.29. The van der Waals surface area contributed by atoms with E-state index in [1.54, 1.807) is 48.0 Å². The molecule has 2 amide bonds. The van der Waals surface area contributed by atoms with Gasteiger partial charge in [-0.15, -0.1) is 0 Å². The molecule has 184 valence electrons. The van der Waals surface area contributed by atoms with Gasteiger partial charge in [0.1, 0.15) is 29.3 Å². The maximum atomic E-state index is 13.3. The second kappa shape index (κ2) is 10.9. The Bertz CT molecular complexity index is 1150.